The molecule has 0 saturated carbocycles. The van der Waals surface area contributed by atoms with Crippen molar-refractivity contribution < 1.29 is 9.53 Å². The standard InChI is InChI=1S/C32H35ClN4O2/c1-20(2)16-30(26-8-3-4-9-28(26)33)34-32(38)22-12-15-29-27(17-22)31(36-35-29)21-10-13-23(14-11-21)37-24-6-5-7-25(37)19-39-18-24/h3-4,8-15,17,20,24-25,30H,5-7,16,18-19H2,1-2H3,(H,34,38)(H,35,36)/t24-,25+,30-/m0/s1. The van der Waals surface area contributed by atoms with Gasteiger partial charge in [-0.25, -0.2) is 0 Å². The van der Waals surface area contributed by atoms with E-state index in [9.17, 15) is 4.79 Å². The van der Waals surface area contributed by atoms with Crippen LogP contribution in [0.4, 0.5) is 5.69 Å². The van der Waals surface area contributed by atoms with E-state index in [1.54, 1.807) is 0 Å². The van der Waals surface area contributed by atoms with Crippen molar-refractivity contribution in [1.29, 1.82) is 0 Å². The summed E-state index contributed by atoms with van der Waals surface area (Å²) in [5.74, 6) is 0.276. The molecule has 2 saturated heterocycles. The van der Waals surface area contributed by atoms with Crippen LogP contribution in [0.15, 0.2) is 66.7 Å². The van der Waals surface area contributed by atoms with Crippen LogP contribution in [0.25, 0.3) is 22.2 Å². The van der Waals surface area contributed by atoms with Gasteiger partial charge in [0.25, 0.3) is 5.91 Å². The van der Waals surface area contributed by atoms with Crippen LogP contribution in [0.5, 0.6) is 0 Å². The number of rotatable bonds is 7. The van der Waals surface area contributed by atoms with Crippen molar-refractivity contribution in [3.8, 4) is 11.3 Å². The molecule has 39 heavy (non-hydrogen) atoms. The fourth-order valence-electron chi connectivity index (χ4n) is 6.16. The molecular formula is C32H35ClN4O2. The van der Waals surface area contributed by atoms with Crippen molar-refractivity contribution in [3.63, 3.8) is 0 Å². The lowest BCUT2D eigenvalue weighted by atomic mass is 9.93. The number of hydrogen-bond donors (Lipinski definition) is 2. The van der Waals surface area contributed by atoms with Crippen molar-refractivity contribution in [2.75, 3.05) is 18.1 Å². The number of piperidine rings is 1. The number of fused-ring (bicyclic) bond motifs is 3. The number of nitrogens with one attached hydrogen (secondary N) is 2. The highest BCUT2D eigenvalue weighted by Gasteiger charge is 2.34. The first-order chi connectivity index (χ1) is 19.0. The van der Waals surface area contributed by atoms with Crippen LogP contribution in [0, 0.1) is 5.92 Å². The first-order valence-corrected chi connectivity index (χ1v) is 14.4. The number of carbonyl (C=O) groups excluding carboxylic acids is 1. The minimum atomic E-state index is -0.169. The fourth-order valence-corrected chi connectivity index (χ4v) is 6.42. The Labute approximate surface area is 234 Å². The van der Waals surface area contributed by atoms with E-state index in [0.717, 1.165) is 47.4 Å². The molecule has 3 heterocycles. The Morgan fingerprint density at radius 1 is 1.08 bits per heavy atom. The first kappa shape index (κ1) is 25.9. The lowest BCUT2D eigenvalue weighted by Crippen LogP contribution is -2.55. The molecule has 6 nitrogen and oxygen atoms in total. The second-order valence-corrected chi connectivity index (χ2v) is 11.6. The number of benzene rings is 3. The molecule has 0 aliphatic carbocycles. The highest BCUT2D eigenvalue weighted by Crippen LogP contribution is 2.35. The summed E-state index contributed by atoms with van der Waals surface area (Å²) >= 11 is 6.50. The average molecular weight is 543 g/mol. The Bertz CT molecular complexity index is 1440. The molecule has 7 heteroatoms. The van der Waals surface area contributed by atoms with Gasteiger partial charge in [-0.15, -0.1) is 0 Å². The summed E-state index contributed by atoms with van der Waals surface area (Å²) in [6.07, 6.45) is 4.44. The van der Waals surface area contributed by atoms with Crippen LogP contribution in [-0.2, 0) is 4.74 Å². The van der Waals surface area contributed by atoms with Gasteiger partial charge in [0.1, 0.15) is 0 Å². The Hall–Kier alpha value is -3.35. The van der Waals surface area contributed by atoms with E-state index >= 15 is 0 Å². The second-order valence-electron chi connectivity index (χ2n) is 11.2. The predicted octanol–water partition coefficient (Wildman–Crippen LogP) is 7.16. The molecule has 1 amide bonds. The Balaban J connectivity index is 1.26. The van der Waals surface area contributed by atoms with E-state index in [1.807, 2.05) is 42.5 Å². The van der Waals surface area contributed by atoms with Crippen LogP contribution in [0.1, 0.15) is 61.5 Å². The third kappa shape index (κ3) is 5.28. The van der Waals surface area contributed by atoms with Crippen molar-refractivity contribution >= 4 is 34.1 Å². The zero-order valence-electron chi connectivity index (χ0n) is 22.5. The number of hydrogen-bond acceptors (Lipinski definition) is 4. The molecule has 2 N–H and O–H groups in total. The molecule has 4 aromatic rings. The number of aromatic nitrogens is 2. The minimum Gasteiger partial charge on any atom is -0.377 e. The van der Waals surface area contributed by atoms with Gasteiger partial charge < -0.3 is 15.0 Å². The van der Waals surface area contributed by atoms with E-state index < -0.39 is 0 Å². The summed E-state index contributed by atoms with van der Waals surface area (Å²) in [4.78, 5) is 16.0. The molecule has 0 radical (unpaired) electrons. The zero-order valence-corrected chi connectivity index (χ0v) is 23.2. The summed E-state index contributed by atoms with van der Waals surface area (Å²) in [7, 11) is 0. The predicted molar refractivity (Wildman–Crippen MR) is 157 cm³/mol. The smallest absolute Gasteiger partial charge is 0.251 e. The molecule has 3 aromatic carbocycles. The Morgan fingerprint density at radius 3 is 2.54 bits per heavy atom. The number of ether oxygens (including phenoxy) is 1. The molecule has 2 bridgehead atoms. The van der Waals surface area contributed by atoms with Crippen LogP contribution in [0.3, 0.4) is 0 Å². The fraction of sp³-hybridized carbons (Fsp3) is 0.375. The third-order valence-electron chi connectivity index (χ3n) is 8.04. The average Bonchev–Trinajstić information content (AvgIpc) is 3.36. The van der Waals surface area contributed by atoms with Gasteiger partial charge >= 0.3 is 0 Å². The number of carbonyl (C=O) groups is 1. The number of anilines is 1. The normalized spacial score (nSPS) is 19.8. The highest BCUT2D eigenvalue weighted by molar-refractivity contribution is 6.31. The van der Waals surface area contributed by atoms with Gasteiger partial charge in [-0.3, -0.25) is 9.89 Å². The summed E-state index contributed by atoms with van der Waals surface area (Å²) in [6, 6.07) is 22.9. The lowest BCUT2D eigenvalue weighted by molar-refractivity contribution is 0.0463. The van der Waals surface area contributed by atoms with E-state index in [0.29, 0.717) is 28.6 Å². The summed E-state index contributed by atoms with van der Waals surface area (Å²) in [5, 5.41) is 12.6. The molecule has 0 spiro atoms. The molecule has 3 atom stereocenters. The number of nitrogens with zero attached hydrogens (tertiary/aromatic N) is 2. The number of amides is 1. The van der Waals surface area contributed by atoms with Gasteiger partial charge in [0.15, 0.2) is 0 Å². The third-order valence-corrected chi connectivity index (χ3v) is 8.38. The first-order valence-electron chi connectivity index (χ1n) is 14.0. The molecule has 2 aliphatic rings. The van der Waals surface area contributed by atoms with Gasteiger partial charge in [-0.2, -0.15) is 5.10 Å². The van der Waals surface area contributed by atoms with Crippen molar-refractivity contribution in [3.05, 3.63) is 82.9 Å². The molecule has 2 aliphatic heterocycles. The van der Waals surface area contributed by atoms with Gasteiger partial charge in [0.2, 0.25) is 0 Å². The SMILES string of the molecule is CC(C)C[C@H](NC(=O)c1ccc2[nH]nc(-c3ccc(N4[C@@H]5CCC[C@H]4COC5)cc3)c2c1)c1ccccc1Cl. The summed E-state index contributed by atoms with van der Waals surface area (Å²) in [6.45, 7) is 5.91. The van der Waals surface area contributed by atoms with Crippen LogP contribution in [-0.4, -0.2) is 41.4 Å². The van der Waals surface area contributed by atoms with E-state index in [1.165, 1.54) is 24.9 Å². The Morgan fingerprint density at radius 2 is 1.82 bits per heavy atom. The van der Waals surface area contributed by atoms with Crippen LogP contribution < -0.4 is 10.2 Å². The molecular weight excluding hydrogens is 508 g/mol. The number of morpholine rings is 1. The van der Waals surface area contributed by atoms with Gasteiger partial charge in [-0.05, 0) is 73.6 Å². The molecule has 6 rings (SSSR count). The van der Waals surface area contributed by atoms with Crippen molar-refractivity contribution in [1.82, 2.24) is 15.5 Å². The van der Waals surface area contributed by atoms with Gasteiger partial charge in [-0.1, -0.05) is 55.8 Å². The molecule has 202 valence electrons. The molecule has 1 aromatic heterocycles. The topological polar surface area (TPSA) is 70.2 Å². The number of aromatic amines is 1. The quantitative estimate of drug-likeness (QED) is 0.260. The van der Waals surface area contributed by atoms with Gasteiger partial charge in [0, 0.05) is 27.2 Å². The summed E-state index contributed by atoms with van der Waals surface area (Å²) in [5.41, 5.74) is 5.55. The molecule has 0 unspecified atom stereocenters. The largest absolute Gasteiger partial charge is 0.377 e. The monoisotopic (exact) mass is 542 g/mol. The van der Waals surface area contributed by atoms with E-state index in [2.05, 4.69) is 58.5 Å². The minimum absolute atomic E-state index is 0.121. The van der Waals surface area contributed by atoms with E-state index in [-0.39, 0.29) is 11.9 Å². The van der Waals surface area contributed by atoms with Crippen molar-refractivity contribution in [2.45, 2.75) is 57.7 Å². The van der Waals surface area contributed by atoms with Crippen LogP contribution in [0.2, 0.25) is 5.02 Å². The maximum absolute atomic E-state index is 13.4. The second kappa shape index (κ2) is 11.0. The summed E-state index contributed by atoms with van der Waals surface area (Å²) < 4.78 is 5.83. The van der Waals surface area contributed by atoms with Crippen LogP contribution >= 0.6 is 11.6 Å². The lowest BCUT2D eigenvalue weighted by Gasteiger charge is -2.47. The molecule has 2 fully saturated rings. The van der Waals surface area contributed by atoms with E-state index in [4.69, 9.17) is 16.3 Å². The maximum Gasteiger partial charge on any atom is 0.251 e. The maximum atomic E-state index is 13.4. The van der Waals surface area contributed by atoms with Crippen molar-refractivity contribution in [2.24, 2.45) is 5.92 Å². The highest BCUT2D eigenvalue weighted by atomic mass is 35.5. The van der Waals surface area contributed by atoms with Gasteiger partial charge in [0.05, 0.1) is 42.5 Å². The number of H-pyrrole nitrogens is 1. The zero-order chi connectivity index (χ0) is 26.9. The number of halogens is 1. The Kier molecular flexibility index (Phi) is 7.32.